The van der Waals surface area contributed by atoms with Crippen LogP contribution in [-0.2, 0) is 12.4 Å². The van der Waals surface area contributed by atoms with Gasteiger partial charge in [-0.1, -0.05) is 132 Å². The highest BCUT2D eigenvalue weighted by atomic mass is 19.4. The second-order valence-corrected chi connectivity index (χ2v) is 17.6. The Kier molecular flexibility index (Phi) is 9.24. The highest BCUT2D eigenvalue weighted by Crippen LogP contribution is 2.52. The number of nitriles is 1. The predicted molar refractivity (Wildman–Crippen MR) is 265 cm³/mol. The van der Waals surface area contributed by atoms with Gasteiger partial charge in [-0.25, -0.2) is 0 Å². The maximum Gasteiger partial charge on any atom is 0.416 e. The second-order valence-electron chi connectivity index (χ2n) is 17.6. The van der Waals surface area contributed by atoms with E-state index in [0.717, 1.165) is 57.2 Å². The van der Waals surface area contributed by atoms with Crippen molar-refractivity contribution < 1.29 is 26.3 Å². The van der Waals surface area contributed by atoms with Gasteiger partial charge in [0.1, 0.15) is 6.07 Å². The molecule has 69 heavy (non-hydrogen) atoms. The van der Waals surface area contributed by atoms with Crippen LogP contribution in [0.3, 0.4) is 0 Å². The maximum absolute atomic E-state index is 15.0. The van der Waals surface area contributed by atoms with E-state index in [2.05, 4.69) is 22.8 Å². The van der Waals surface area contributed by atoms with E-state index in [-0.39, 0.29) is 16.6 Å². The molecule has 12 rings (SSSR count). The van der Waals surface area contributed by atoms with Crippen molar-refractivity contribution in [2.24, 2.45) is 0 Å². The zero-order valence-electron chi connectivity index (χ0n) is 36.9. The summed E-state index contributed by atoms with van der Waals surface area (Å²) in [6, 6.07) is 55.6. The van der Waals surface area contributed by atoms with Crippen molar-refractivity contribution in [1.82, 2.24) is 13.7 Å². The van der Waals surface area contributed by atoms with Gasteiger partial charge in [0, 0.05) is 43.4 Å². The molecule has 0 saturated carbocycles. The monoisotopic (exact) mass is 914 g/mol. The molecule has 9 aromatic carbocycles. The number of aryl methyl sites for hydroxylation is 2. The molecule has 0 radical (unpaired) electrons. The van der Waals surface area contributed by atoms with Crippen molar-refractivity contribution in [2.75, 3.05) is 0 Å². The van der Waals surface area contributed by atoms with Crippen molar-refractivity contribution >= 4 is 65.4 Å². The second kappa shape index (κ2) is 15.2. The molecule has 0 bridgehead atoms. The summed E-state index contributed by atoms with van der Waals surface area (Å²) in [5.41, 5.74) is 6.62. The number of para-hydroxylation sites is 2. The molecule has 10 heteroatoms. The normalized spacial score (nSPS) is 12.3. The van der Waals surface area contributed by atoms with Crippen LogP contribution in [0.2, 0.25) is 0 Å². The average Bonchev–Trinajstić information content (AvgIpc) is 3.97. The molecule has 0 aliphatic heterocycles. The number of nitrogens with zero attached hydrogens (tertiary/aromatic N) is 4. The smallest absolute Gasteiger partial charge is 0.306 e. The number of alkyl halides is 6. The van der Waals surface area contributed by atoms with Crippen LogP contribution < -0.4 is 0 Å². The quantitative estimate of drug-likeness (QED) is 0.159. The van der Waals surface area contributed by atoms with Gasteiger partial charge in [-0.15, -0.1) is 0 Å². The fourth-order valence-electron chi connectivity index (χ4n) is 10.5. The Hall–Kier alpha value is -8.55. The molecule has 0 aliphatic rings. The maximum atomic E-state index is 15.0. The number of halogens is 6. The van der Waals surface area contributed by atoms with Gasteiger partial charge in [0.25, 0.3) is 0 Å². The van der Waals surface area contributed by atoms with Crippen LogP contribution >= 0.6 is 0 Å². The molecule has 0 fully saturated rings. The number of rotatable bonds is 5. The van der Waals surface area contributed by atoms with Crippen LogP contribution in [-0.4, -0.2) is 13.7 Å². The molecule has 3 aromatic heterocycles. The predicted octanol–water partition coefficient (Wildman–Crippen LogP) is 16.8. The highest BCUT2D eigenvalue weighted by molar-refractivity contribution is 6.16. The van der Waals surface area contributed by atoms with Crippen molar-refractivity contribution in [3.8, 4) is 45.4 Å². The number of hydrogen-bond donors (Lipinski definition) is 0. The molecule has 12 aromatic rings. The third kappa shape index (κ3) is 6.37. The van der Waals surface area contributed by atoms with Crippen LogP contribution in [0.25, 0.3) is 105 Å². The van der Waals surface area contributed by atoms with Gasteiger partial charge in [0.05, 0.1) is 66.9 Å². The fourth-order valence-corrected chi connectivity index (χ4v) is 10.5. The van der Waals surface area contributed by atoms with Crippen LogP contribution in [0, 0.1) is 25.2 Å². The van der Waals surface area contributed by atoms with Crippen molar-refractivity contribution in [3.63, 3.8) is 0 Å². The van der Waals surface area contributed by atoms with Gasteiger partial charge in [0.2, 0.25) is 0 Å². The van der Waals surface area contributed by atoms with E-state index in [1.165, 1.54) is 12.1 Å². The molecular weight excluding hydrogens is 879 g/mol. The lowest BCUT2D eigenvalue weighted by atomic mass is 9.87. The molecule has 4 nitrogen and oxygen atoms in total. The molecule has 0 spiro atoms. The molecule has 0 atom stereocenters. The van der Waals surface area contributed by atoms with E-state index in [9.17, 15) is 5.26 Å². The molecule has 0 aliphatic carbocycles. The van der Waals surface area contributed by atoms with Gasteiger partial charge in [-0.3, -0.25) is 0 Å². The van der Waals surface area contributed by atoms with E-state index >= 15 is 26.3 Å². The number of benzene rings is 9. The number of aromatic nitrogens is 3. The lowest BCUT2D eigenvalue weighted by Gasteiger charge is -2.29. The SMILES string of the molecule is Cc1ccc2c(c1)c1cc(C)ccc1n2-c1c(-n2c3ccccc3c3ccc(C(F)(F)F)cc32)c(-c2ccccc2)c(C#N)c(-c2ccccc2)c1-n1c2ccccc2c2ccc(C(F)(F)F)cc21. The summed E-state index contributed by atoms with van der Waals surface area (Å²) in [4.78, 5) is 0. The molecule has 0 unspecified atom stereocenters. The summed E-state index contributed by atoms with van der Waals surface area (Å²) < 4.78 is 96.0. The third-order valence-electron chi connectivity index (χ3n) is 13.4. The summed E-state index contributed by atoms with van der Waals surface area (Å²) >= 11 is 0. The Labute approximate surface area is 390 Å². The van der Waals surface area contributed by atoms with Gasteiger partial charge in [-0.2, -0.15) is 31.6 Å². The van der Waals surface area contributed by atoms with Crippen LogP contribution in [0.4, 0.5) is 26.3 Å². The van der Waals surface area contributed by atoms with Gasteiger partial charge >= 0.3 is 12.4 Å². The molecule has 0 saturated heterocycles. The van der Waals surface area contributed by atoms with Gasteiger partial charge < -0.3 is 13.7 Å². The van der Waals surface area contributed by atoms with Gasteiger partial charge in [-0.05, 0) is 85.6 Å². The Morgan fingerprint density at radius 3 is 1.13 bits per heavy atom. The van der Waals surface area contributed by atoms with E-state index in [0.29, 0.717) is 71.9 Å². The number of fused-ring (bicyclic) bond motifs is 9. The summed E-state index contributed by atoms with van der Waals surface area (Å²) in [6.07, 6.45) is -9.44. The zero-order valence-corrected chi connectivity index (χ0v) is 36.9. The first-order valence-electron chi connectivity index (χ1n) is 22.3. The Balaban J connectivity index is 1.47. The largest absolute Gasteiger partial charge is 0.416 e. The first-order chi connectivity index (χ1) is 33.3. The van der Waals surface area contributed by atoms with E-state index in [1.807, 2.05) is 156 Å². The summed E-state index contributed by atoms with van der Waals surface area (Å²) in [5.74, 6) is 0. The minimum atomic E-state index is -4.72. The Morgan fingerprint density at radius 1 is 0.362 bits per heavy atom. The van der Waals surface area contributed by atoms with Gasteiger partial charge in [0.15, 0.2) is 0 Å². The minimum absolute atomic E-state index is 0.171. The first-order valence-corrected chi connectivity index (χ1v) is 22.3. The van der Waals surface area contributed by atoms with Crippen LogP contribution in [0.5, 0.6) is 0 Å². The molecule has 334 valence electrons. The van der Waals surface area contributed by atoms with E-state index in [4.69, 9.17) is 0 Å². The highest BCUT2D eigenvalue weighted by Gasteiger charge is 2.37. The Morgan fingerprint density at radius 2 is 0.725 bits per heavy atom. The van der Waals surface area contributed by atoms with Crippen LogP contribution in [0.15, 0.2) is 182 Å². The molecular formula is C59H36F6N4. The minimum Gasteiger partial charge on any atom is -0.306 e. The summed E-state index contributed by atoms with van der Waals surface area (Å²) in [6.45, 7) is 4.01. The Bertz CT molecular complexity index is 3870. The fraction of sp³-hybridized carbons (Fsp3) is 0.0678. The first kappa shape index (κ1) is 41.9. The summed E-state index contributed by atoms with van der Waals surface area (Å²) in [5, 5.41) is 16.2. The van der Waals surface area contributed by atoms with Crippen molar-refractivity contribution in [3.05, 3.63) is 210 Å². The van der Waals surface area contributed by atoms with E-state index in [1.54, 1.807) is 0 Å². The van der Waals surface area contributed by atoms with E-state index < -0.39 is 23.5 Å². The van der Waals surface area contributed by atoms with Crippen molar-refractivity contribution in [2.45, 2.75) is 26.2 Å². The molecule has 0 N–H and O–H groups in total. The molecule has 3 heterocycles. The topological polar surface area (TPSA) is 38.6 Å². The van der Waals surface area contributed by atoms with Crippen LogP contribution in [0.1, 0.15) is 27.8 Å². The number of hydrogen-bond acceptors (Lipinski definition) is 1. The lowest BCUT2D eigenvalue weighted by Crippen LogP contribution is -2.15. The standard InChI is InChI=1S/C59H36F6N4/c1-34-21-27-49-44(29-34)45-30-35(2)22-28-50(45)67(49)57-55(68-47-19-11-9-17-40(47)42-25-23-38(31-51(42)68)58(60,61)62)53(36-13-5-3-6-14-36)46(33-66)54(37-15-7-4-8-16-37)56(57)69-48-20-12-10-18-41(48)43-26-24-39(32-52(43)69)59(63,64)65/h3-32H,1-2H3. The summed E-state index contributed by atoms with van der Waals surface area (Å²) in [7, 11) is 0. The van der Waals surface area contributed by atoms with Crippen molar-refractivity contribution in [1.29, 1.82) is 5.26 Å². The lowest BCUT2D eigenvalue weighted by molar-refractivity contribution is -0.138. The molecule has 0 amide bonds. The zero-order chi connectivity index (χ0) is 47.5. The third-order valence-corrected chi connectivity index (χ3v) is 13.4. The average molecular weight is 915 g/mol.